The third-order valence-corrected chi connectivity index (χ3v) is 11.5. The Balaban J connectivity index is 1.25. The first-order valence-corrected chi connectivity index (χ1v) is 19.6. The van der Waals surface area contributed by atoms with Gasteiger partial charge in [-0.2, -0.15) is 31.4 Å². The molecule has 316 valence electrons. The van der Waals surface area contributed by atoms with Crippen molar-refractivity contribution in [1.82, 2.24) is 29.5 Å². The highest BCUT2D eigenvalue weighted by atomic mass is 35.5. The molecule has 7 rings (SSSR count). The molecule has 61 heavy (non-hydrogen) atoms. The highest BCUT2D eigenvalue weighted by Crippen LogP contribution is 2.50. The monoisotopic (exact) mass is 884 g/mol. The number of piperazine rings is 1. The number of para-hydroxylation sites is 1. The average molecular weight is 885 g/mol. The van der Waals surface area contributed by atoms with Gasteiger partial charge < -0.3 is 28.6 Å². The standard InChI is InChI=1S/C39H33B2ClF6N6O6S/c1-21-22(7-8-25(31(21)42)57-18-17-53-15-13-52(2)14-16-53)29-30-34(49-20-50-35(30)61-32(29)26-9-10-28(43)58-26)59-33(36(55)56)38(47,48)23-5-3-4-6-24(23)60-39(40,41)27-11-12-51-54(27)19-37(44,45)46/h3-12,20,33H,13-19H2,1-2H3,(H,55,56)/t33-/m1/s1. The molecule has 0 bridgehead atoms. The molecule has 0 spiro atoms. The van der Waals surface area contributed by atoms with E-state index in [2.05, 4.69) is 31.9 Å². The molecule has 4 radical (unpaired) electrons. The Labute approximate surface area is 355 Å². The van der Waals surface area contributed by atoms with Gasteiger partial charge in [-0.3, -0.25) is 9.58 Å². The summed E-state index contributed by atoms with van der Waals surface area (Å²) in [4.78, 5) is 26.1. The van der Waals surface area contributed by atoms with Crippen molar-refractivity contribution in [1.29, 1.82) is 0 Å². The average Bonchev–Trinajstić information content (AvgIpc) is 3.94. The largest absolute Gasteiger partial charge is 0.501 e. The first kappa shape index (κ1) is 43.8. The minimum Gasteiger partial charge on any atom is -0.501 e. The first-order chi connectivity index (χ1) is 28.8. The summed E-state index contributed by atoms with van der Waals surface area (Å²) in [5.74, 6) is -7.62. The fraction of sp³-hybridized carbons (Fsp3) is 0.333. The number of benzene rings is 2. The quantitative estimate of drug-likeness (QED) is 0.0828. The van der Waals surface area contributed by atoms with Crippen molar-refractivity contribution >= 4 is 54.8 Å². The number of alkyl halides is 5. The van der Waals surface area contributed by atoms with Gasteiger partial charge in [0.2, 0.25) is 5.88 Å². The van der Waals surface area contributed by atoms with E-state index in [9.17, 15) is 27.5 Å². The highest BCUT2D eigenvalue weighted by molar-refractivity contribution is 7.22. The number of fused-ring (bicyclic) bond motifs is 1. The molecule has 1 saturated heterocycles. The van der Waals surface area contributed by atoms with E-state index in [1.807, 2.05) is 0 Å². The molecule has 0 aliphatic carbocycles. The van der Waals surface area contributed by atoms with Gasteiger partial charge in [0.15, 0.2) is 0 Å². The number of hydrogen-bond acceptors (Lipinski definition) is 11. The van der Waals surface area contributed by atoms with Gasteiger partial charge in [0.05, 0.1) is 31.9 Å². The van der Waals surface area contributed by atoms with Crippen molar-refractivity contribution in [3.63, 3.8) is 0 Å². The zero-order valence-electron chi connectivity index (χ0n) is 32.3. The molecular weight excluding hydrogens is 852 g/mol. The minimum atomic E-state index is -4.76. The molecule has 1 fully saturated rings. The molecule has 5 heterocycles. The second-order valence-electron chi connectivity index (χ2n) is 14.2. The number of nitrogens with zero attached hydrogens (tertiary/aromatic N) is 6. The van der Waals surface area contributed by atoms with E-state index in [4.69, 9.17) is 45.9 Å². The highest BCUT2D eigenvalue weighted by Gasteiger charge is 2.51. The predicted octanol–water partition coefficient (Wildman–Crippen LogP) is 7.25. The third-order valence-electron chi connectivity index (χ3n) is 9.89. The number of carbonyl (C=O) groups is 1. The molecule has 0 amide bonds. The van der Waals surface area contributed by atoms with Crippen LogP contribution in [0, 0.1) is 12.9 Å². The summed E-state index contributed by atoms with van der Waals surface area (Å²) in [6, 6.07) is 9.93. The Morgan fingerprint density at radius 3 is 2.44 bits per heavy atom. The number of rotatable bonds is 15. The second kappa shape index (κ2) is 17.3. The van der Waals surface area contributed by atoms with Gasteiger partial charge in [-0.05, 0) is 55.4 Å². The number of aromatic nitrogens is 4. The van der Waals surface area contributed by atoms with E-state index in [1.165, 1.54) is 12.1 Å². The van der Waals surface area contributed by atoms with Gasteiger partial charge in [0.25, 0.3) is 12.1 Å². The maximum atomic E-state index is 16.8. The maximum Gasteiger partial charge on any atom is 0.408 e. The van der Waals surface area contributed by atoms with Crippen LogP contribution in [-0.2, 0) is 22.7 Å². The summed E-state index contributed by atoms with van der Waals surface area (Å²) in [5.41, 5.74) is -0.584. The molecule has 1 N–H and O–H groups in total. The van der Waals surface area contributed by atoms with Crippen LogP contribution in [0.5, 0.6) is 17.4 Å². The fourth-order valence-corrected chi connectivity index (χ4v) is 8.15. The van der Waals surface area contributed by atoms with E-state index < -0.39 is 65.0 Å². The number of carboxylic acids is 1. The molecule has 22 heteroatoms. The zero-order chi connectivity index (χ0) is 43.9. The van der Waals surface area contributed by atoms with Crippen LogP contribution in [0.4, 0.5) is 26.3 Å². The molecule has 4 aromatic heterocycles. The van der Waals surface area contributed by atoms with Crippen LogP contribution < -0.4 is 14.2 Å². The van der Waals surface area contributed by atoms with Crippen LogP contribution in [0.1, 0.15) is 16.8 Å². The Bertz CT molecular complexity index is 2550. The summed E-state index contributed by atoms with van der Waals surface area (Å²) in [5, 5.41) is 11.4. The summed E-state index contributed by atoms with van der Waals surface area (Å²) in [6.45, 7) is 4.69. The van der Waals surface area contributed by atoms with Crippen molar-refractivity contribution in [2.45, 2.75) is 37.1 Å². The lowest BCUT2D eigenvalue weighted by atomic mass is 9.63. The Morgan fingerprint density at radius 1 is 1.02 bits per heavy atom. The van der Waals surface area contributed by atoms with E-state index in [0.717, 1.165) is 80.4 Å². The van der Waals surface area contributed by atoms with Crippen molar-refractivity contribution in [3.05, 3.63) is 95.0 Å². The number of hydrogen-bond donors (Lipinski definition) is 1. The number of furan rings is 1. The molecule has 6 aromatic rings. The van der Waals surface area contributed by atoms with E-state index in [1.54, 1.807) is 19.1 Å². The van der Waals surface area contributed by atoms with Gasteiger partial charge in [-0.15, -0.1) is 11.3 Å². The summed E-state index contributed by atoms with van der Waals surface area (Å²) >= 11 is 7.85. The molecule has 2 aromatic carbocycles. The molecule has 1 aliphatic heterocycles. The van der Waals surface area contributed by atoms with Gasteiger partial charge in [0, 0.05) is 50.6 Å². The Hall–Kier alpha value is -5.24. The topological polar surface area (TPSA) is 128 Å². The SMILES string of the molecule is [B]C([B])(Oc1ccccc1C(F)(F)[C@H](Oc1ncnc2sc(-c3ccc(F)o3)c(-c3ccc(OCCN4CCN(C)CC4)c(Cl)c3C)c12)C(=O)O)c1ccnn1CC(F)(F)F. The fourth-order valence-electron chi connectivity index (χ4n) is 6.82. The number of likely N-dealkylation sites (N-methyl/N-ethyl adjacent to an activating group) is 1. The molecule has 12 nitrogen and oxygen atoms in total. The third kappa shape index (κ3) is 9.34. The van der Waals surface area contributed by atoms with Crippen LogP contribution in [0.2, 0.25) is 5.02 Å². The second-order valence-corrected chi connectivity index (χ2v) is 15.5. The van der Waals surface area contributed by atoms with Gasteiger partial charge >= 0.3 is 18.1 Å². The van der Waals surface area contributed by atoms with Crippen molar-refractivity contribution < 1.29 is 54.9 Å². The summed E-state index contributed by atoms with van der Waals surface area (Å²) < 4.78 is 111. The smallest absolute Gasteiger partial charge is 0.408 e. The Morgan fingerprint density at radius 2 is 1.75 bits per heavy atom. The zero-order valence-corrected chi connectivity index (χ0v) is 33.8. The van der Waals surface area contributed by atoms with Gasteiger partial charge in [0.1, 0.15) is 57.3 Å². The molecular formula is C39H33B2ClF6N6O6S. The summed E-state index contributed by atoms with van der Waals surface area (Å²) in [6.07, 6.45) is -5.87. The van der Waals surface area contributed by atoms with Crippen LogP contribution in [-0.4, -0.2) is 115 Å². The molecule has 0 unspecified atom stereocenters. The van der Waals surface area contributed by atoms with E-state index in [0.29, 0.717) is 34.7 Å². The molecule has 1 aliphatic rings. The van der Waals surface area contributed by atoms with E-state index in [-0.39, 0.29) is 31.4 Å². The summed E-state index contributed by atoms with van der Waals surface area (Å²) in [7, 11) is 14.2. The minimum absolute atomic E-state index is 0.0271. The van der Waals surface area contributed by atoms with Crippen LogP contribution in [0.15, 0.2) is 71.5 Å². The lowest BCUT2D eigenvalue weighted by Gasteiger charge is -2.32. The van der Waals surface area contributed by atoms with Crippen molar-refractivity contribution in [2.24, 2.45) is 0 Å². The van der Waals surface area contributed by atoms with Gasteiger partial charge in [-0.1, -0.05) is 29.8 Å². The first-order valence-electron chi connectivity index (χ1n) is 18.4. The molecule has 0 saturated carbocycles. The van der Waals surface area contributed by atoms with Gasteiger partial charge in [-0.25, -0.2) is 14.8 Å². The Kier molecular flexibility index (Phi) is 12.4. The number of ether oxygens (including phenoxy) is 3. The maximum absolute atomic E-state index is 16.8. The van der Waals surface area contributed by atoms with E-state index >= 15 is 8.78 Å². The lowest BCUT2D eigenvalue weighted by Crippen LogP contribution is -2.45. The normalized spacial score (nSPS) is 15.0. The number of halogens is 7. The van der Waals surface area contributed by atoms with Crippen LogP contribution >= 0.6 is 22.9 Å². The van der Waals surface area contributed by atoms with Crippen molar-refractivity contribution in [2.75, 3.05) is 46.4 Å². The molecule has 1 atom stereocenters. The van der Waals surface area contributed by atoms with Crippen LogP contribution in [0.25, 0.3) is 32.0 Å². The lowest BCUT2D eigenvalue weighted by molar-refractivity contribution is -0.169. The number of thiophene rings is 1. The van der Waals surface area contributed by atoms with Crippen LogP contribution in [0.3, 0.4) is 0 Å². The number of aliphatic carboxylic acids is 1. The van der Waals surface area contributed by atoms with Crippen molar-refractivity contribution in [3.8, 4) is 39.1 Å². The number of carboxylic acid groups (broad SMARTS) is 1. The predicted molar refractivity (Wildman–Crippen MR) is 214 cm³/mol.